The zero-order valence-corrected chi connectivity index (χ0v) is 23.6. The molecular weight excluding hydrogens is 513 g/mol. The summed E-state index contributed by atoms with van der Waals surface area (Å²) >= 11 is 0. The standard InChI is InChI=1S/C34H32FN5O/c1-4-5-6-28-30-16-15-29-31(23-7-11-26(35)12-8-23)39-40(33(29)34(30,3)18-25(19-36)32(28)41)27-13-9-22(10-14-27)24-17-21(2)38-37-20-24/h7-14,17-18,20,28,30H,4-6,15-16H2,1-3H3/t28-,30-,34-/m1/s1. The summed E-state index contributed by atoms with van der Waals surface area (Å²) in [6.07, 6.45) is 7.94. The molecular formula is C34H32FN5O. The summed E-state index contributed by atoms with van der Waals surface area (Å²) in [5.41, 5.74) is 7.15. The molecule has 0 N–H and O–H groups in total. The van der Waals surface area contributed by atoms with E-state index in [-0.39, 0.29) is 29.0 Å². The van der Waals surface area contributed by atoms with Crippen LogP contribution in [-0.4, -0.2) is 25.8 Å². The number of halogens is 1. The molecule has 0 fully saturated rings. The highest BCUT2D eigenvalue weighted by atomic mass is 19.1. The van der Waals surface area contributed by atoms with E-state index in [4.69, 9.17) is 5.10 Å². The SMILES string of the molecule is CCCC[C@H]1C(=O)C(C#N)=C[C@@]2(C)c3c(c(-c4ccc(F)cc4)nn3-c3ccc(-c4cnnc(C)c4)cc3)CC[C@H]12. The lowest BCUT2D eigenvalue weighted by Gasteiger charge is -2.46. The lowest BCUT2D eigenvalue weighted by atomic mass is 9.56. The fourth-order valence-electron chi connectivity index (χ4n) is 6.86. The van der Waals surface area contributed by atoms with E-state index in [0.717, 1.165) is 77.1 Å². The molecule has 7 heteroatoms. The number of allylic oxidation sites excluding steroid dienone is 2. The van der Waals surface area contributed by atoms with E-state index in [2.05, 4.69) is 30.1 Å². The van der Waals surface area contributed by atoms with Crippen LogP contribution < -0.4 is 0 Å². The van der Waals surface area contributed by atoms with Crippen LogP contribution in [0.3, 0.4) is 0 Å². The first-order valence-electron chi connectivity index (χ1n) is 14.3. The number of rotatable bonds is 6. The second-order valence-corrected chi connectivity index (χ2v) is 11.4. The van der Waals surface area contributed by atoms with Crippen LogP contribution >= 0.6 is 0 Å². The van der Waals surface area contributed by atoms with Crippen LogP contribution in [-0.2, 0) is 16.6 Å². The van der Waals surface area contributed by atoms with Gasteiger partial charge in [-0.15, -0.1) is 0 Å². The van der Waals surface area contributed by atoms with E-state index in [9.17, 15) is 14.4 Å². The smallest absolute Gasteiger partial charge is 0.176 e. The van der Waals surface area contributed by atoms with E-state index < -0.39 is 5.41 Å². The molecule has 41 heavy (non-hydrogen) atoms. The van der Waals surface area contributed by atoms with Crippen molar-refractivity contribution in [3.63, 3.8) is 0 Å². The molecule has 0 saturated heterocycles. The van der Waals surface area contributed by atoms with Crippen molar-refractivity contribution >= 4 is 5.78 Å². The van der Waals surface area contributed by atoms with Crippen molar-refractivity contribution in [3.05, 3.63) is 95.2 Å². The van der Waals surface area contributed by atoms with Gasteiger partial charge < -0.3 is 0 Å². The topological polar surface area (TPSA) is 84.5 Å². The third-order valence-corrected chi connectivity index (χ3v) is 8.83. The van der Waals surface area contributed by atoms with Crippen molar-refractivity contribution in [1.29, 1.82) is 5.26 Å². The second-order valence-electron chi connectivity index (χ2n) is 11.4. The van der Waals surface area contributed by atoms with Crippen molar-refractivity contribution in [3.8, 4) is 34.1 Å². The van der Waals surface area contributed by atoms with E-state index in [1.165, 1.54) is 12.1 Å². The minimum absolute atomic E-state index is 0.0256. The molecule has 0 amide bonds. The number of hydrogen-bond donors (Lipinski definition) is 0. The molecule has 206 valence electrons. The van der Waals surface area contributed by atoms with Crippen molar-refractivity contribution in [2.75, 3.05) is 0 Å². The largest absolute Gasteiger partial charge is 0.293 e. The molecule has 0 saturated carbocycles. The molecule has 2 aromatic carbocycles. The van der Waals surface area contributed by atoms with Crippen LogP contribution in [0.5, 0.6) is 0 Å². The Balaban J connectivity index is 1.54. The number of unbranched alkanes of at least 4 members (excludes halogenated alkanes) is 1. The first kappa shape index (κ1) is 26.8. The van der Waals surface area contributed by atoms with Crippen LogP contribution in [0.15, 0.2) is 72.4 Å². The molecule has 6 rings (SSSR count). The summed E-state index contributed by atoms with van der Waals surface area (Å²) in [4.78, 5) is 13.4. The molecule has 3 atom stereocenters. The maximum atomic E-state index is 13.9. The van der Waals surface area contributed by atoms with Gasteiger partial charge in [0.05, 0.1) is 34.5 Å². The summed E-state index contributed by atoms with van der Waals surface area (Å²) in [7, 11) is 0. The highest BCUT2D eigenvalue weighted by Crippen LogP contribution is 2.53. The number of carbonyl (C=O) groups excluding carboxylic acids is 1. The van der Waals surface area contributed by atoms with Gasteiger partial charge in [0.25, 0.3) is 0 Å². The lowest BCUT2D eigenvalue weighted by molar-refractivity contribution is -0.122. The van der Waals surface area contributed by atoms with Crippen molar-refractivity contribution in [2.24, 2.45) is 11.8 Å². The third kappa shape index (κ3) is 4.58. The highest BCUT2D eigenvalue weighted by Gasteiger charge is 2.51. The van der Waals surface area contributed by atoms with Gasteiger partial charge >= 0.3 is 0 Å². The van der Waals surface area contributed by atoms with Crippen molar-refractivity contribution in [2.45, 2.75) is 58.3 Å². The van der Waals surface area contributed by atoms with Gasteiger partial charge in [0.15, 0.2) is 5.78 Å². The van der Waals surface area contributed by atoms with Gasteiger partial charge in [-0.1, -0.05) is 44.9 Å². The molecule has 0 aliphatic heterocycles. The first-order valence-corrected chi connectivity index (χ1v) is 14.3. The van der Waals surface area contributed by atoms with Crippen LogP contribution in [0.25, 0.3) is 28.1 Å². The van der Waals surface area contributed by atoms with Crippen molar-refractivity contribution in [1.82, 2.24) is 20.0 Å². The summed E-state index contributed by atoms with van der Waals surface area (Å²) in [5, 5.41) is 23.3. The number of benzene rings is 2. The molecule has 2 heterocycles. The molecule has 0 unspecified atom stereocenters. The Bertz CT molecular complexity index is 1700. The molecule has 0 radical (unpaired) electrons. The van der Waals surface area contributed by atoms with E-state index in [0.29, 0.717) is 0 Å². The quantitative estimate of drug-likeness (QED) is 0.258. The lowest BCUT2D eigenvalue weighted by Crippen LogP contribution is -2.47. The van der Waals surface area contributed by atoms with Crippen LogP contribution in [0.4, 0.5) is 4.39 Å². The van der Waals surface area contributed by atoms with Crippen LogP contribution in [0.1, 0.15) is 56.5 Å². The Kier molecular flexibility index (Phi) is 6.86. The number of nitrogens with zero attached hydrogens (tertiary/aromatic N) is 5. The number of aromatic nitrogens is 4. The molecule has 2 aromatic heterocycles. The molecule has 2 aliphatic carbocycles. The molecule has 6 nitrogen and oxygen atoms in total. The fraction of sp³-hybridized carbons (Fsp3) is 0.324. The minimum atomic E-state index is -0.568. The first-order chi connectivity index (χ1) is 19.8. The number of aryl methyl sites for hydroxylation is 1. The summed E-state index contributed by atoms with van der Waals surface area (Å²) < 4.78 is 15.8. The molecule has 2 aliphatic rings. The maximum Gasteiger partial charge on any atom is 0.176 e. The number of nitriles is 1. The predicted molar refractivity (Wildman–Crippen MR) is 156 cm³/mol. The van der Waals surface area contributed by atoms with Gasteiger partial charge in [-0.2, -0.15) is 20.6 Å². The van der Waals surface area contributed by atoms with E-state index in [1.54, 1.807) is 18.3 Å². The van der Waals surface area contributed by atoms with Gasteiger partial charge in [-0.3, -0.25) is 4.79 Å². The average Bonchev–Trinajstić information content (AvgIpc) is 3.38. The zero-order chi connectivity index (χ0) is 28.7. The molecule has 0 spiro atoms. The summed E-state index contributed by atoms with van der Waals surface area (Å²) in [5.74, 6) is -0.457. The molecule has 0 bridgehead atoms. The maximum absolute atomic E-state index is 13.9. The monoisotopic (exact) mass is 545 g/mol. The molecule has 4 aromatic rings. The Labute approximate surface area is 239 Å². The predicted octanol–water partition coefficient (Wildman–Crippen LogP) is 7.10. The Hall–Kier alpha value is -4.44. The number of Topliss-reactive ketones (excluding diaryl/α,β-unsaturated/α-hetero) is 1. The number of hydrogen-bond acceptors (Lipinski definition) is 5. The third-order valence-electron chi connectivity index (χ3n) is 8.83. The zero-order valence-electron chi connectivity index (χ0n) is 23.6. The fourth-order valence-corrected chi connectivity index (χ4v) is 6.86. The summed E-state index contributed by atoms with van der Waals surface area (Å²) in [6.45, 7) is 6.20. The second kappa shape index (κ2) is 10.5. The highest BCUT2D eigenvalue weighted by molar-refractivity contribution is 6.02. The number of carbonyl (C=O) groups is 1. The van der Waals surface area contributed by atoms with Crippen LogP contribution in [0, 0.1) is 35.9 Å². The number of fused-ring (bicyclic) bond motifs is 3. The van der Waals surface area contributed by atoms with Gasteiger partial charge in [-0.05, 0) is 80.1 Å². The van der Waals surface area contributed by atoms with E-state index in [1.807, 2.05) is 48.0 Å². The minimum Gasteiger partial charge on any atom is -0.293 e. The van der Waals surface area contributed by atoms with Crippen LogP contribution in [0.2, 0.25) is 0 Å². The normalized spacial score (nSPS) is 21.5. The Morgan fingerprint density at radius 3 is 2.51 bits per heavy atom. The average molecular weight is 546 g/mol. The van der Waals surface area contributed by atoms with Gasteiger partial charge in [0.1, 0.15) is 11.9 Å². The van der Waals surface area contributed by atoms with Crippen molar-refractivity contribution < 1.29 is 9.18 Å². The van der Waals surface area contributed by atoms with Gasteiger partial charge in [0.2, 0.25) is 0 Å². The van der Waals surface area contributed by atoms with Gasteiger partial charge in [0, 0.05) is 28.0 Å². The Morgan fingerprint density at radius 1 is 1.10 bits per heavy atom. The summed E-state index contributed by atoms with van der Waals surface area (Å²) in [6, 6.07) is 18.8. The Morgan fingerprint density at radius 2 is 1.83 bits per heavy atom. The number of ketones is 1. The van der Waals surface area contributed by atoms with Gasteiger partial charge in [-0.25, -0.2) is 9.07 Å². The van der Waals surface area contributed by atoms with E-state index >= 15 is 0 Å².